The lowest BCUT2D eigenvalue weighted by Gasteiger charge is -2.15. The molecular formula is C16H20N2O. The van der Waals surface area contributed by atoms with Crippen LogP contribution in [0.15, 0.2) is 42.5 Å². The number of benzene rings is 1. The Morgan fingerprint density at radius 1 is 1.16 bits per heavy atom. The van der Waals surface area contributed by atoms with Crippen molar-refractivity contribution in [1.82, 2.24) is 4.98 Å². The zero-order chi connectivity index (χ0) is 13.7. The summed E-state index contributed by atoms with van der Waals surface area (Å²) in [4.78, 5) is 4.24. The fourth-order valence-electron chi connectivity index (χ4n) is 1.97. The van der Waals surface area contributed by atoms with Crippen LogP contribution in [-0.4, -0.2) is 4.98 Å². The largest absolute Gasteiger partial charge is 0.487 e. The van der Waals surface area contributed by atoms with Crippen molar-refractivity contribution in [2.45, 2.75) is 32.8 Å². The molecule has 0 aliphatic heterocycles. The van der Waals surface area contributed by atoms with Gasteiger partial charge in [-0.2, -0.15) is 0 Å². The van der Waals surface area contributed by atoms with E-state index in [9.17, 15) is 0 Å². The molecule has 0 amide bonds. The average Bonchev–Trinajstić information content (AvgIpc) is 2.45. The molecule has 3 heteroatoms. The van der Waals surface area contributed by atoms with Gasteiger partial charge in [0.1, 0.15) is 18.2 Å². The number of ether oxygens (including phenoxy) is 1. The first-order valence-electron chi connectivity index (χ1n) is 6.63. The monoisotopic (exact) mass is 256 g/mol. The van der Waals surface area contributed by atoms with Gasteiger partial charge >= 0.3 is 0 Å². The summed E-state index contributed by atoms with van der Waals surface area (Å²) in [5, 5.41) is 0. The van der Waals surface area contributed by atoms with Crippen LogP contribution in [0.2, 0.25) is 0 Å². The third-order valence-corrected chi connectivity index (χ3v) is 3.27. The first-order valence-corrected chi connectivity index (χ1v) is 6.63. The quantitative estimate of drug-likeness (QED) is 0.886. The number of anilines is 1. The predicted molar refractivity (Wildman–Crippen MR) is 78.1 cm³/mol. The lowest BCUT2D eigenvalue weighted by molar-refractivity contribution is 0.296. The smallest absolute Gasteiger partial charge is 0.130 e. The van der Waals surface area contributed by atoms with Crippen molar-refractivity contribution in [3.8, 4) is 5.75 Å². The molecule has 0 aliphatic rings. The van der Waals surface area contributed by atoms with Gasteiger partial charge < -0.3 is 10.5 Å². The molecule has 0 spiro atoms. The van der Waals surface area contributed by atoms with Gasteiger partial charge in [0, 0.05) is 0 Å². The van der Waals surface area contributed by atoms with Gasteiger partial charge in [0.05, 0.1) is 5.69 Å². The Balaban J connectivity index is 2.11. The van der Waals surface area contributed by atoms with Gasteiger partial charge in [-0.25, -0.2) is 4.98 Å². The number of aromatic nitrogens is 1. The normalized spacial score (nSPS) is 12.1. The maximum atomic E-state index is 5.88. The van der Waals surface area contributed by atoms with Crippen LogP contribution < -0.4 is 10.5 Å². The molecule has 1 atom stereocenters. The van der Waals surface area contributed by atoms with Gasteiger partial charge in [0.2, 0.25) is 0 Å². The molecule has 2 aromatic rings. The van der Waals surface area contributed by atoms with Crippen molar-refractivity contribution < 1.29 is 4.74 Å². The topological polar surface area (TPSA) is 48.1 Å². The highest BCUT2D eigenvalue weighted by molar-refractivity contribution is 5.36. The minimum Gasteiger partial charge on any atom is -0.487 e. The van der Waals surface area contributed by atoms with Crippen LogP contribution >= 0.6 is 0 Å². The van der Waals surface area contributed by atoms with E-state index < -0.39 is 0 Å². The maximum Gasteiger partial charge on any atom is 0.130 e. The van der Waals surface area contributed by atoms with E-state index in [1.807, 2.05) is 30.3 Å². The Bertz CT molecular complexity index is 540. The van der Waals surface area contributed by atoms with E-state index in [0.29, 0.717) is 18.3 Å². The second-order valence-corrected chi connectivity index (χ2v) is 4.69. The maximum absolute atomic E-state index is 5.88. The number of rotatable bonds is 5. The van der Waals surface area contributed by atoms with Crippen molar-refractivity contribution in [1.29, 1.82) is 0 Å². The van der Waals surface area contributed by atoms with Crippen LogP contribution in [0.3, 0.4) is 0 Å². The summed E-state index contributed by atoms with van der Waals surface area (Å²) in [6, 6.07) is 13.8. The molecule has 100 valence electrons. The van der Waals surface area contributed by atoms with Crippen molar-refractivity contribution in [3.05, 3.63) is 53.7 Å². The molecule has 1 unspecified atom stereocenters. The summed E-state index contributed by atoms with van der Waals surface area (Å²) in [7, 11) is 0. The molecule has 1 aromatic carbocycles. The lowest BCUT2D eigenvalue weighted by Crippen LogP contribution is -2.03. The molecule has 3 nitrogen and oxygen atoms in total. The fourth-order valence-corrected chi connectivity index (χ4v) is 1.97. The molecular weight excluding hydrogens is 236 g/mol. The van der Waals surface area contributed by atoms with Gasteiger partial charge in [0.25, 0.3) is 0 Å². The molecule has 2 rings (SSSR count). The second kappa shape index (κ2) is 6.23. The second-order valence-electron chi connectivity index (χ2n) is 4.69. The SMILES string of the molecule is CCC(C)c1ccccc1OCc1cccc(N)n1. The average molecular weight is 256 g/mol. The summed E-state index contributed by atoms with van der Waals surface area (Å²) >= 11 is 0. The molecule has 0 saturated carbocycles. The minimum atomic E-state index is 0.443. The zero-order valence-electron chi connectivity index (χ0n) is 11.5. The minimum absolute atomic E-state index is 0.443. The number of para-hydroxylation sites is 1. The molecule has 0 bridgehead atoms. The molecule has 0 saturated heterocycles. The van der Waals surface area contributed by atoms with Gasteiger partial charge in [-0.15, -0.1) is 0 Å². The summed E-state index contributed by atoms with van der Waals surface area (Å²) in [5.74, 6) is 1.95. The number of pyridine rings is 1. The third-order valence-electron chi connectivity index (χ3n) is 3.27. The van der Waals surface area contributed by atoms with Crippen LogP contribution in [0.1, 0.15) is 37.4 Å². The third kappa shape index (κ3) is 3.47. The number of hydrogen-bond donors (Lipinski definition) is 1. The number of nitrogens with two attached hydrogens (primary N) is 1. The van der Waals surface area contributed by atoms with Crippen LogP contribution in [0.5, 0.6) is 5.75 Å². The van der Waals surface area contributed by atoms with Crippen LogP contribution in [-0.2, 0) is 6.61 Å². The molecule has 0 aliphatic carbocycles. The van der Waals surface area contributed by atoms with Crippen molar-refractivity contribution in [2.24, 2.45) is 0 Å². The highest BCUT2D eigenvalue weighted by Gasteiger charge is 2.09. The van der Waals surface area contributed by atoms with E-state index >= 15 is 0 Å². The highest BCUT2D eigenvalue weighted by atomic mass is 16.5. The van der Waals surface area contributed by atoms with E-state index in [4.69, 9.17) is 10.5 Å². The first kappa shape index (κ1) is 13.4. The van der Waals surface area contributed by atoms with E-state index in [2.05, 4.69) is 24.9 Å². The summed E-state index contributed by atoms with van der Waals surface area (Å²) < 4.78 is 5.88. The Morgan fingerprint density at radius 2 is 1.95 bits per heavy atom. The Hall–Kier alpha value is -2.03. The fraction of sp³-hybridized carbons (Fsp3) is 0.312. The summed E-state index contributed by atoms with van der Waals surface area (Å²) in [5.41, 5.74) is 7.75. The first-order chi connectivity index (χ1) is 9.20. The number of nitrogens with zero attached hydrogens (tertiary/aromatic N) is 1. The summed E-state index contributed by atoms with van der Waals surface area (Å²) in [6.07, 6.45) is 1.09. The van der Waals surface area contributed by atoms with Gasteiger partial charge in [-0.3, -0.25) is 0 Å². The highest BCUT2D eigenvalue weighted by Crippen LogP contribution is 2.28. The van der Waals surface area contributed by atoms with E-state index in [1.165, 1.54) is 5.56 Å². The molecule has 1 heterocycles. The van der Waals surface area contributed by atoms with Gasteiger partial charge in [-0.1, -0.05) is 38.1 Å². The molecule has 19 heavy (non-hydrogen) atoms. The van der Waals surface area contributed by atoms with Gasteiger partial charge in [0.15, 0.2) is 0 Å². The standard InChI is InChI=1S/C16H20N2O/c1-3-12(2)14-8-4-5-9-15(14)19-11-13-7-6-10-16(17)18-13/h4-10,12H,3,11H2,1-2H3,(H2,17,18). The predicted octanol–water partition coefficient (Wildman–Crippen LogP) is 3.76. The van der Waals surface area contributed by atoms with E-state index in [-0.39, 0.29) is 0 Å². The van der Waals surface area contributed by atoms with Crippen molar-refractivity contribution in [2.75, 3.05) is 5.73 Å². The molecule has 0 fully saturated rings. The molecule has 0 radical (unpaired) electrons. The van der Waals surface area contributed by atoms with Gasteiger partial charge in [-0.05, 0) is 36.1 Å². The molecule has 1 aromatic heterocycles. The van der Waals surface area contributed by atoms with Crippen LogP contribution in [0.25, 0.3) is 0 Å². The van der Waals surface area contributed by atoms with Crippen LogP contribution in [0.4, 0.5) is 5.82 Å². The Morgan fingerprint density at radius 3 is 2.68 bits per heavy atom. The van der Waals surface area contributed by atoms with Crippen LogP contribution in [0, 0.1) is 0 Å². The number of hydrogen-bond acceptors (Lipinski definition) is 3. The number of nitrogen functional groups attached to an aromatic ring is 1. The van der Waals surface area contributed by atoms with Crippen molar-refractivity contribution in [3.63, 3.8) is 0 Å². The Labute approximate surface area is 114 Å². The van der Waals surface area contributed by atoms with E-state index in [1.54, 1.807) is 6.07 Å². The lowest BCUT2D eigenvalue weighted by atomic mass is 9.98. The molecule has 2 N–H and O–H groups in total. The van der Waals surface area contributed by atoms with E-state index in [0.717, 1.165) is 17.9 Å². The summed E-state index contributed by atoms with van der Waals surface area (Å²) in [6.45, 7) is 4.83. The zero-order valence-corrected chi connectivity index (χ0v) is 11.5. The van der Waals surface area contributed by atoms with Crippen molar-refractivity contribution >= 4 is 5.82 Å². The Kier molecular flexibility index (Phi) is 4.39.